The van der Waals surface area contributed by atoms with E-state index < -0.39 is 12.0 Å². The van der Waals surface area contributed by atoms with Gasteiger partial charge in [0.05, 0.1) is 12.6 Å². The fraction of sp³-hybridized carbons (Fsp3) is 0.846. The van der Waals surface area contributed by atoms with Crippen molar-refractivity contribution in [1.29, 1.82) is 0 Å². The van der Waals surface area contributed by atoms with Crippen molar-refractivity contribution in [1.82, 2.24) is 10.2 Å². The molecule has 1 rings (SSSR count). The summed E-state index contributed by atoms with van der Waals surface area (Å²) >= 11 is 0. The highest BCUT2D eigenvalue weighted by atomic mass is 16.4. The summed E-state index contributed by atoms with van der Waals surface area (Å²) < 4.78 is 0. The van der Waals surface area contributed by atoms with E-state index in [0.29, 0.717) is 19.4 Å². The van der Waals surface area contributed by atoms with Crippen LogP contribution in [0.4, 0.5) is 4.79 Å². The second-order valence-electron chi connectivity index (χ2n) is 5.01. The van der Waals surface area contributed by atoms with Gasteiger partial charge < -0.3 is 20.4 Å². The molecule has 0 saturated carbocycles. The van der Waals surface area contributed by atoms with Crippen LogP contribution in [-0.4, -0.2) is 52.3 Å². The molecule has 0 spiro atoms. The third-order valence-electron chi connectivity index (χ3n) is 3.52. The second kappa shape index (κ2) is 7.99. The van der Waals surface area contributed by atoms with Crippen molar-refractivity contribution in [2.45, 2.75) is 57.5 Å². The summed E-state index contributed by atoms with van der Waals surface area (Å²) in [7, 11) is 0. The maximum absolute atomic E-state index is 12.2. The molecule has 1 aliphatic heterocycles. The average Bonchev–Trinajstić information content (AvgIpc) is 2.62. The number of carbonyl (C=O) groups excluding carboxylic acids is 1. The van der Waals surface area contributed by atoms with Gasteiger partial charge in [-0.05, 0) is 19.3 Å². The fourth-order valence-corrected chi connectivity index (χ4v) is 2.41. The van der Waals surface area contributed by atoms with Crippen LogP contribution in [0, 0.1) is 0 Å². The molecule has 1 aliphatic rings. The van der Waals surface area contributed by atoms with Crippen LogP contribution in [-0.2, 0) is 4.79 Å². The Bertz CT molecular complexity index is 309. The summed E-state index contributed by atoms with van der Waals surface area (Å²) in [6.45, 7) is 2.39. The third kappa shape index (κ3) is 4.70. The Balaban J connectivity index is 2.64. The Morgan fingerprint density at radius 1 is 1.37 bits per heavy atom. The molecule has 1 unspecified atom stereocenters. The van der Waals surface area contributed by atoms with Crippen LogP contribution < -0.4 is 5.32 Å². The smallest absolute Gasteiger partial charge is 0.326 e. The van der Waals surface area contributed by atoms with Gasteiger partial charge in [0.25, 0.3) is 0 Å². The minimum atomic E-state index is -1.01. The number of nitrogens with zero attached hydrogens (tertiary/aromatic N) is 1. The predicted molar refractivity (Wildman–Crippen MR) is 70.9 cm³/mol. The lowest BCUT2D eigenvalue weighted by Crippen LogP contribution is -2.52. The molecule has 19 heavy (non-hydrogen) atoms. The summed E-state index contributed by atoms with van der Waals surface area (Å²) in [5, 5.41) is 20.9. The fourth-order valence-electron chi connectivity index (χ4n) is 2.41. The van der Waals surface area contributed by atoms with Gasteiger partial charge in [-0.25, -0.2) is 9.59 Å². The SMILES string of the molecule is CCC[C@H](NC(=O)N1CCCCCC1CO)C(=O)O. The highest BCUT2D eigenvalue weighted by Gasteiger charge is 2.28. The zero-order valence-electron chi connectivity index (χ0n) is 11.5. The predicted octanol–water partition coefficient (Wildman–Crippen LogP) is 1.19. The Morgan fingerprint density at radius 3 is 2.68 bits per heavy atom. The molecule has 6 heteroatoms. The first-order valence-corrected chi connectivity index (χ1v) is 7.01. The van der Waals surface area contributed by atoms with E-state index in [2.05, 4.69) is 5.32 Å². The Morgan fingerprint density at radius 2 is 2.11 bits per heavy atom. The Hall–Kier alpha value is -1.30. The number of rotatable bonds is 5. The standard InChI is InChI=1S/C13H24N2O4/c1-2-6-11(12(17)18)14-13(19)15-8-5-3-4-7-10(15)9-16/h10-11,16H,2-9H2,1H3,(H,14,19)(H,17,18)/t10?,11-/m0/s1. The normalized spacial score (nSPS) is 21.6. The molecule has 2 amide bonds. The molecule has 2 atom stereocenters. The molecule has 1 heterocycles. The van der Waals surface area contributed by atoms with Crippen molar-refractivity contribution in [3.8, 4) is 0 Å². The monoisotopic (exact) mass is 272 g/mol. The van der Waals surface area contributed by atoms with Crippen molar-refractivity contribution in [3.05, 3.63) is 0 Å². The van der Waals surface area contributed by atoms with Crippen molar-refractivity contribution in [2.75, 3.05) is 13.2 Å². The number of urea groups is 1. The molecule has 0 radical (unpaired) electrons. The van der Waals surface area contributed by atoms with Crippen LogP contribution >= 0.6 is 0 Å². The minimum Gasteiger partial charge on any atom is -0.480 e. The zero-order chi connectivity index (χ0) is 14.3. The molecule has 110 valence electrons. The topological polar surface area (TPSA) is 89.9 Å². The summed E-state index contributed by atoms with van der Waals surface area (Å²) in [4.78, 5) is 24.8. The number of hydrogen-bond donors (Lipinski definition) is 3. The van der Waals surface area contributed by atoms with Crippen molar-refractivity contribution in [3.63, 3.8) is 0 Å². The molecule has 3 N–H and O–H groups in total. The van der Waals surface area contributed by atoms with Crippen molar-refractivity contribution in [2.24, 2.45) is 0 Å². The number of carboxylic acids is 1. The molecule has 0 bridgehead atoms. The minimum absolute atomic E-state index is 0.0705. The molecular formula is C13H24N2O4. The van der Waals surface area contributed by atoms with E-state index in [-0.39, 0.29) is 18.7 Å². The van der Waals surface area contributed by atoms with Crippen molar-refractivity contribution < 1.29 is 19.8 Å². The summed E-state index contributed by atoms with van der Waals surface area (Å²) in [6.07, 6.45) is 4.81. The molecule has 0 aromatic rings. The Kier molecular flexibility index (Phi) is 6.62. The van der Waals surface area contributed by atoms with Gasteiger partial charge in [-0.1, -0.05) is 26.2 Å². The Labute approximate surface area is 113 Å². The first-order chi connectivity index (χ1) is 9.10. The van der Waals surface area contributed by atoms with Crippen LogP contribution in [0.2, 0.25) is 0 Å². The summed E-state index contributed by atoms with van der Waals surface area (Å²) in [5.74, 6) is -1.01. The molecule has 0 aromatic heterocycles. The van der Waals surface area contributed by atoms with Gasteiger partial charge in [0.15, 0.2) is 0 Å². The lowest BCUT2D eigenvalue weighted by Gasteiger charge is -2.30. The second-order valence-corrected chi connectivity index (χ2v) is 5.01. The molecule has 6 nitrogen and oxygen atoms in total. The van der Waals surface area contributed by atoms with E-state index in [9.17, 15) is 14.7 Å². The van der Waals surface area contributed by atoms with Gasteiger partial charge in [-0.2, -0.15) is 0 Å². The van der Waals surface area contributed by atoms with Gasteiger partial charge in [0.2, 0.25) is 0 Å². The maximum atomic E-state index is 12.2. The molecule has 0 aliphatic carbocycles. The van der Waals surface area contributed by atoms with E-state index in [1.54, 1.807) is 4.90 Å². The summed E-state index contributed by atoms with van der Waals surface area (Å²) in [5.41, 5.74) is 0. The van der Waals surface area contributed by atoms with Gasteiger partial charge in [-0.3, -0.25) is 0 Å². The van der Waals surface area contributed by atoms with E-state index in [4.69, 9.17) is 5.11 Å². The van der Waals surface area contributed by atoms with Crippen molar-refractivity contribution >= 4 is 12.0 Å². The van der Waals surface area contributed by atoms with E-state index in [1.165, 1.54) is 0 Å². The number of aliphatic hydroxyl groups excluding tert-OH is 1. The molecule has 0 aromatic carbocycles. The van der Waals surface area contributed by atoms with Crippen LogP contribution in [0.5, 0.6) is 0 Å². The quantitative estimate of drug-likeness (QED) is 0.701. The largest absolute Gasteiger partial charge is 0.480 e. The van der Waals surface area contributed by atoms with E-state index in [1.807, 2.05) is 6.92 Å². The highest BCUT2D eigenvalue weighted by molar-refractivity contribution is 5.82. The zero-order valence-corrected chi connectivity index (χ0v) is 11.5. The number of likely N-dealkylation sites (tertiary alicyclic amines) is 1. The molecule has 1 fully saturated rings. The highest BCUT2D eigenvalue weighted by Crippen LogP contribution is 2.16. The van der Waals surface area contributed by atoms with Crippen LogP contribution in [0.15, 0.2) is 0 Å². The maximum Gasteiger partial charge on any atom is 0.326 e. The number of hydrogen-bond acceptors (Lipinski definition) is 3. The lowest BCUT2D eigenvalue weighted by molar-refractivity contribution is -0.139. The first kappa shape index (κ1) is 15.8. The third-order valence-corrected chi connectivity index (χ3v) is 3.52. The average molecular weight is 272 g/mol. The van der Waals surface area contributed by atoms with Gasteiger partial charge in [0.1, 0.15) is 6.04 Å². The van der Waals surface area contributed by atoms with Gasteiger partial charge in [0, 0.05) is 6.54 Å². The van der Waals surface area contributed by atoms with Gasteiger partial charge >= 0.3 is 12.0 Å². The summed E-state index contributed by atoms with van der Waals surface area (Å²) in [6, 6.07) is -1.42. The van der Waals surface area contributed by atoms with E-state index >= 15 is 0 Å². The molecule has 1 saturated heterocycles. The first-order valence-electron chi connectivity index (χ1n) is 7.01. The number of aliphatic hydroxyl groups is 1. The number of nitrogens with one attached hydrogen (secondary N) is 1. The van der Waals surface area contributed by atoms with Crippen LogP contribution in [0.3, 0.4) is 0 Å². The number of carbonyl (C=O) groups is 2. The number of amides is 2. The van der Waals surface area contributed by atoms with Crippen LogP contribution in [0.1, 0.15) is 45.4 Å². The number of carboxylic acid groups (broad SMARTS) is 1. The lowest BCUT2D eigenvalue weighted by atomic mass is 10.1. The van der Waals surface area contributed by atoms with Gasteiger partial charge in [-0.15, -0.1) is 0 Å². The molecular weight excluding hydrogens is 248 g/mol. The van der Waals surface area contributed by atoms with Crippen LogP contribution in [0.25, 0.3) is 0 Å². The number of aliphatic carboxylic acids is 1. The van der Waals surface area contributed by atoms with E-state index in [0.717, 1.165) is 25.7 Å².